The Morgan fingerprint density at radius 3 is 2.92 bits per heavy atom. The predicted octanol–water partition coefficient (Wildman–Crippen LogP) is 2.20. The lowest BCUT2D eigenvalue weighted by Gasteiger charge is -1.99. The number of hydrogen-bond donors (Lipinski definition) is 1. The molecule has 1 aromatic rings. The molecule has 0 aliphatic carbocycles. The number of nitriles is 1. The van der Waals surface area contributed by atoms with Crippen LogP contribution in [0.25, 0.3) is 0 Å². The van der Waals surface area contributed by atoms with Crippen molar-refractivity contribution in [2.24, 2.45) is 0 Å². The Morgan fingerprint density at radius 1 is 1.58 bits per heavy atom. The summed E-state index contributed by atoms with van der Waals surface area (Å²) < 4.78 is 0. The molecule has 0 fully saturated rings. The van der Waals surface area contributed by atoms with Crippen molar-refractivity contribution in [1.82, 2.24) is 0 Å². The first kappa shape index (κ1) is 9.01. The first-order valence-electron chi connectivity index (χ1n) is 3.23. The molecule has 3 nitrogen and oxygen atoms in total. The van der Waals surface area contributed by atoms with E-state index in [9.17, 15) is 0 Å². The molecule has 1 N–H and O–H groups in total. The van der Waals surface area contributed by atoms with Gasteiger partial charge in [0.2, 0.25) is 0 Å². The Labute approximate surface area is 74.7 Å². The topological polar surface area (TPSA) is 53.2 Å². The molecular formula is C8H6ClNO2. The van der Waals surface area contributed by atoms with Gasteiger partial charge in [-0.1, -0.05) is 17.7 Å². The van der Waals surface area contributed by atoms with Gasteiger partial charge in [0, 0.05) is 0 Å². The highest BCUT2D eigenvalue weighted by molar-refractivity contribution is 6.31. The van der Waals surface area contributed by atoms with Gasteiger partial charge in [-0.2, -0.15) is 5.26 Å². The van der Waals surface area contributed by atoms with Crippen LogP contribution in [0.3, 0.4) is 0 Å². The Morgan fingerprint density at radius 2 is 2.33 bits per heavy atom. The van der Waals surface area contributed by atoms with Crippen LogP contribution in [0, 0.1) is 11.3 Å². The van der Waals surface area contributed by atoms with Crippen molar-refractivity contribution >= 4 is 11.6 Å². The molecule has 62 valence electrons. The van der Waals surface area contributed by atoms with Gasteiger partial charge in [-0.3, -0.25) is 5.26 Å². The van der Waals surface area contributed by atoms with E-state index in [1.54, 1.807) is 18.2 Å². The van der Waals surface area contributed by atoms with Crippen LogP contribution in [0.4, 0.5) is 0 Å². The third-order valence-electron chi connectivity index (χ3n) is 1.38. The summed E-state index contributed by atoms with van der Waals surface area (Å²) in [4.78, 5) is 3.91. The average molecular weight is 184 g/mol. The van der Waals surface area contributed by atoms with Crippen molar-refractivity contribution in [2.75, 3.05) is 0 Å². The Hall–Kier alpha value is -1.08. The van der Waals surface area contributed by atoms with Crippen LogP contribution in [-0.4, -0.2) is 5.26 Å². The predicted molar refractivity (Wildman–Crippen MR) is 43.6 cm³/mol. The minimum atomic E-state index is 0.0614. The smallest absolute Gasteiger partial charge is 0.107 e. The van der Waals surface area contributed by atoms with E-state index in [0.29, 0.717) is 16.1 Å². The van der Waals surface area contributed by atoms with Gasteiger partial charge in [0.05, 0.1) is 10.6 Å². The van der Waals surface area contributed by atoms with Gasteiger partial charge in [0.25, 0.3) is 0 Å². The van der Waals surface area contributed by atoms with Crippen LogP contribution >= 0.6 is 11.6 Å². The summed E-state index contributed by atoms with van der Waals surface area (Å²) >= 11 is 5.67. The normalized spacial score (nSPS) is 9.42. The maximum absolute atomic E-state index is 8.57. The van der Waals surface area contributed by atoms with Crippen molar-refractivity contribution in [3.8, 4) is 6.07 Å². The van der Waals surface area contributed by atoms with Gasteiger partial charge in [-0.05, 0) is 17.7 Å². The Balaban J connectivity index is 2.99. The summed E-state index contributed by atoms with van der Waals surface area (Å²) in [5, 5.41) is 17.1. The molecule has 0 aliphatic heterocycles. The first-order chi connectivity index (χ1) is 5.77. The molecule has 0 bridgehead atoms. The van der Waals surface area contributed by atoms with E-state index in [1.165, 1.54) is 0 Å². The van der Waals surface area contributed by atoms with E-state index in [0.717, 1.165) is 0 Å². The van der Waals surface area contributed by atoms with Gasteiger partial charge < -0.3 is 0 Å². The molecule has 0 heterocycles. The van der Waals surface area contributed by atoms with Crippen LogP contribution < -0.4 is 0 Å². The highest BCUT2D eigenvalue weighted by Gasteiger charge is 2.00. The number of rotatable bonds is 2. The largest absolute Gasteiger partial charge is 0.251 e. The van der Waals surface area contributed by atoms with E-state index in [4.69, 9.17) is 22.1 Å². The summed E-state index contributed by atoms with van der Waals surface area (Å²) in [6.07, 6.45) is 0. The summed E-state index contributed by atoms with van der Waals surface area (Å²) in [6, 6.07) is 6.76. The van der Waals surface area contributed by atoms with Crippen LogP contribution in [-0.2, 0) is 11.5 Å². The minimum Gasteiger partial charge on any atom is -0.251 e. The second kappa shape index (κ2) is 4.07. The summed E-state index contributed by atoms with van der Waals surface area (Å²) in [5.41, 5.74) is 1.09. The van der Waals surface area contributed by atoms with Gasteiger partial charge in [0.15, 0.2) is 0 Å². The third-order valence-corrected chi connectivity index (χ3v) is 1.71. The Kier molecular flexibility index (Phi) is 3.06. The Bertz CT molecular complexity index is 319. The number of nitrogens with zero attached hydrogens (tertiary/aromatic N) is 1. The standard InChI is InChI=1S/C8H6ClNO2/c9-8-2-1-6(5-12-11)3-7(8)4-10/h1-3,11H,5H2. The zero-order valence-electron chi connectivity index (χ0n) is 6.12. The molecule has 0 amide bonds. The van der Waals surface area contributed by atoms with E-state index in [-0.39, 0.29) is 6.61 Å². The number of benzene rings is 1. The fourth-order valence-corrected chi connectivity index (χ4v) is 0.982. The first-order valence-corrected chi connectivity index (χ1v) is 3.60. The van der Waals surface area contributed by atoms with E-state index >= 15 is 0 Å². The molecule has 0 atom stereocenters. The van der Waals surface area contributed by atoms with Gasteiger partial charge >= 0.3 is 0 Å². The maximum Gasteiger partial charge on any atom is 0.107 e. The minimum absolute atomic E-state index is 0.0614. The lowest BCUT2D eigenvalue weighted by Crippen LogP contribution is -1.88. The fourth-order valence-electron chi connectivity index (χ4n) is 0.822. The lowest BCUT2D eigenvalue weighted by molar-refractivity contribution is -0.253. The van der Waals surface area contributed by atoms with Crippen LogP contribution in [0.2, 0.25) is 5.02 Å². The highest BCUT2D eigenvalue weighted by atomic mass is 35.5. The SMILES string of the molecule is N#Cc1cc(COO)ccc1Cl. The van der Waals surface area contributed by atoms with Crippen molar-refractivity contribution in [3.63, 3.8) is 0 Å². The van der Waals surface area contributed by atoms with Crippen molar-refractivity contribution in [3.05, 3.63) is 34.3 Å². The van der Waals surface area contributed by atoms with Crippen molar-refractivity contribution in [2.45, 2.75) is 6.61 Å². The second-order valence-corrected chi connectivity index (χ2v) is 2.61. The van der Waals surface area contributed by atoms with Crippen LogP contribution in [0.15, 0.2) is 18.2 Å². The van der Waals surface area contributed by atoms with E-state index in [2.05, 4.69) is 4.89 Å². The fraction of sp³-hybridized carbons (Fsp3) is 0.125. The molecule has 0 unspecified atom stereocenters. The maximum atomic E-state index is 8.57. The average Bonchev–Trinajstić information content (AvgIpc) is 2.09. The van der Waals surface area contributed by atoms with Crippen LogP contribution in [0.5, 0.6) is 0 Å². The molecule has 0 saturated heterocycles. The molecule has 0 radical (unpaired) electrons. The summed E-state index contributed by atoms with van der Waals surface area (Å²) in [6.45, 7) is 0.0614. The zero-order valence-corrected chi connectivity index (χ0v) is 6.88. The van der Waals surface area contributed by atoms with E-state index in [1.807, 2.05) is 6.07 Å². The lowest BCUT2D eigenvalue weighted by atomic mass is 10.1. The molecule has 0 aromatic heterocycles. The molecule has 1 rings (SSSR count). The van der Waals surface area contributed by atoms with Crippen molar-refractivity contribution in [1.29, 1.82) is 5.26 Å². The molecule has 0 aliphatic rings. The third kappa shape index (κ3) is 1.95. The van der Waals surface area contributed by atoms with Gasteiger partial charge in [-0.25, -0.2) is 4.89 Å². The van der Waals surface area contributed by atoms with Crippen LogP contribution in [0.1, 0.15) is 11.1 Å². The second-order valence-electron chi connectivity index (χ2n) is 2.20. The highest BCUT2D eigenvalue weighted by Crippen LogP contribution is 2.16. The number of halogens is 1. The van der Waals surface area contributed by atoms with Crippen molar-refractivity contribution < 1.29 is 10.1 Å². The summed E-state index contributed by atoms with van der Waals surface area (Å²) in [5.74, 6) is 0. The van der Waals surface area contributed by atoms with Gasteiger partial charge in [0.1, 0.15) is 12.7 Å². The van der Waals surface area contributed by atoms with E-state index < -0.39 is 0 Å². The quantitative estimate of drug-likeness (QED) is 0.565. The molecule has 4 heteroatoms. The summed E-state index contributed by atoms with van der Waals surface area (Å²) in [7, 11) is 0. The monoisotopic (exact) mass is 183 g/mol. The molecular weight excluding hydrogens is 178 g/mol. The zero-order chi connectivity index (χ0) is 8.97. The van der Waals surface area contributed by atoms with Gasteiger partial charge in [-0.15, -0.1) is 0 Å². The molecule has 0 spiro atoms. The number of hydrogen-bond acceptors (Lipinski definition) is 3. The molecule has 12 heavy (non-hydrogen) atoms. The molecule has 0 saturated carbocycles. The molecule has 1 aromatic carbocycles.